The van der Waals surface area contributed by atoms with Gasteiger partial charge in [-0.2, -0.15) is 5.10 Å². The number of para-hydroxylation sites is 1. The number of anilines is 2. The van der Waals surface area contributed by atoms with Gasteiger partial charge in [0.1, 0.15) is 17.4 Å². The Balaban J connectivity index is 1.45. The molecule has 2 heterocycles. The lowest BCUT2D eigenvalue weighted by Gasteiger charge is -2.11. The van der Waals surface area contributed by atoms with Gasteiger partial charge in [0.25, 0.3) is 11.8 Å². The molecule has 0 saturated heterocycles. The molecule has 5 rings (SSSR count). The molecule has 0 bridgehead atoms. The lowest BCUT2D eigenvalue weighted by atomic mass is 10.1. The van der Waals surface area contributed by atoms with Crippen LogP contribution in [0.5, 0.6) is 0 Å². The van der Waals surface area contributed by atoms with Crippen LogP contribution in [0.15, 0.2) is 72.8 Å². The molecule has 9 nitrogen and oxygen atoms in total. The van der Waals surface area contributed by atoms with Crippen LogP contribution in [0.3, 0.4) is 0 Å². The van der Waals surface area contributed by atoms with Crippen molar-refractivity contribution in [2.45, 2.75) is 25.3 Å². The van der Waals surface area contributed by atoms with Gasteiger partial charge in [-0.1, -0.05) is 41.9 Å². The number of pyridine rings is 1. The Bertz CT molecular complexity index is 1500. The maximum Gasteiger partial charge on any atom is 0.272 e. The number of ketones is 1. The van der Waals surface area contributed by atoms with E-state index in [9.17, 15) is 14.4 Å². The second kappa shape index (κ2) is 10.2. The number of carbonyl (C=O) groups is 3. The van der Waals surface area contributed by atoms with Crippen molar-refractivity contribution in [2.75, 3.05) is 11.1 Å². The van der Waals surface area contributed by atoms with Gasteiger partial charge in [0.05, 0.1) is 22.0 Å². The normalized spacial score (nSPS) is 14.9. The zero-order valence-corrected chi connectivity index (χ0v) is 20.4. The molecule has 10 heteroatoms. The second-order valence-corrected chi connectivity index (χ2v) is 9.12. The molecule has 0 unspecified atom stereocenters. The number of nitrogens with zero attached hydrogens (tertiary/aromatic N) is 3. The topological polar surface area (TPSA) is 132 Å². The Morgan fingerprint density at radius 3 is 2.54 bits per heavy atom. The largest absolute Gasteiger partial charge is 0.384 e. The number of hydrogen-bond acceptors (Lipinski definition) is 6. The van der Waals surface area contributed by atoms with Crippen LogP contribution in [0, 0.1) is 0 Å². The summed E-state index contributed by atoms with van der Waals surface area (Å²) < 4.78 is 1.48. The van der Waals surface area contributed by atoms with Crippen molar-refractivity contribution in [3.05, 3.63) is 89.1 Å². The molecule has 1 fully saturated rings. The number of aromatic nitrogens is 3. The molecule has 0 spiro atoms. The van der Waals surface area contributed by atoms with E-state index in [1.54, 1.807) is 48.5 Å². The van der Waals surface area contributed by atoms with Crippen molar-refractivity contribution in [3.8, 4) is 16.9 Å². The standard InChI is InChI=1S/C27H23ClN6O3/c28-21-12-9-16(22-7-4-8-24(29)31-22)13-20(21)26(36)32-25-15-23(27(37)30-17-10-11-19(35)14-17)33-34(25)18-5-2-1-3-6-18/h1-9,12-13,15,17H,10-11,14H2,(H2,29,31)(H,30,37)(H,32,36)/t17-/m0/s1. The van der Waals surface area contributed by atoms with Crippen LogP contribution in [0.2, 0.25) is 5.02 Å². The van der Waals surface area contributed by atoms with Crippen LogP contribution in [0.1, 0.15) is 40.1 Å². The smallest absolute Gasteiger partial charge is 0.272 e. The molecule has 0 aliphatic heterocycles. The van der Waals surface area contributed by atoms with E-state index in [-0.39, 0.29) is 33.9 Å². The summed E-state index contributed by atoms with van der Waals surface area (Å²) in [5, 5.41) is 10.4. The zero-order chi connectivity index (χ0) is 25.9. The summed E-state index contributed by atoms with van der Waals surface area (Å²) in [6, 6.07) is 20.6. The van der Waals surface area contributed by atoms with Gasteiger partial charge in [-0.05, 0) is 42.8 Å². The van der Waals surface area contributed by atoms with Crippen LogP contribution >= 0.6 is 11.6 Å². The molecule has 4 N–H and O–H groups in total. The van der Waals surface area contributed by atoms with Gasteiger partial charge in [-0.3, -0.25) is 14.4 Å². The van der Waals surface area contributed by atoms with Gasteiger partial charge in [0.15, 0.2) is 5.69 Å². The highest BCUT2D eigenvalue weighted by Gasteiger charge is 2.26. The molecule has 2 aromatic carbocycles. The lowest BCUT2D eigenvalue weighted by molar-refractivity contribution is -0.117. The molecule has 186 valence electrons. The lowest BCUT2D eigenvalue weighted by Crippen LogP contribution is -2.33. The molecule has 2 aromatic heterocycles. The average molecular weight is 515 g/mol. The summed E-state index contributed by atoms with van der Waals surface area (Å²) in [5.74, 6) is -0.134. The van der Waals surface area contributed by atoms with Gasteiger partial charge in [-0.15, -0.1) is 0 Å². The minimum atomic E-state index is -0.485. The van der Waals surface area contributed by atoms with Crippen LogP contribution in [0.4, 0.5) is 11.6 Å². The predicted octanol–water partition coefficient (Wildman–Crippen LogP) is 4.27. The summed E-state index contributed by atoms with van der Waals surface area (Å²) in [7, 11) is 0. The predicted molar refractivity (Wildman–Crippen MR) is 141 cm³/mol. The fraction of sp³-hybridized carbons (Fsp3) is 0.148. The van der Waals surface area contributed by atoms with Gasteiger partial charge >= 0.3 is 0 Å². The van der Waals surface area contributed by atoms with Gasteiger partial charge in [-0.25, -0.2) is 9.67 Å². The summed E-state index contributed by atoms with van der Waals surface area (Å²) in [6.45, 7) is 0. The van der Waals surface area contributed by atoms with Gasteiger partial charge in [0, 0.05) is 30.5 Å². The quantitative estimate of drug-likeness (QED) is 0.352. The fourth-order valence-corrected chi connectivity index (χ4v) is 4.40. The molecule has 1 atom stereocenters. The molecule has 37 heavy (non-hydrogen) atoms. The number of hydrogen-bond donors (Lipinski definition) is 3. The number of nitrogens with one attached hydrogen (secondary N) is 2. The van der Waals surface area contributed by atoms with Crippen LogP contribution < -0.4 is 16.4 Å². The number of nitrogen functional groups attached to an aromatic ring is 1. The molecule has 0 radical (unpaired) electrons. The number of Topliss-reactive ketones (excluding diaryl/α,β-unsaturated/α-hetero) is 1. The van der Waals surface area contributed by atoms with Gasteiger partial charge in [0.2, 0.25) is 0 Å². The number of carbonyl (C=O) groups excluding carboxylic acids is 3. The van der Waals surface area contributed by atoms with E-state index in [0.717, 1.165) is 0 Å². The third-order valence-corrected chi connectivity index (χ3v) is 6.37. The number of halogens is 1. The third kappa shape index (κ3) is 5.36. The average Bonchev–Trinajstić information content (AvgIpc) is 3.50. The van der Waals surface area contributed by atoms with E-state index in [1.165, 1.54) is 10.7 Å². The maximum atomic E-state index is 13.3. The summed E-state index contributed by atoms with van der Waals surface area (Å²) in [6.07, 6.45) is 1.37. The monoisotopic (exact) mass is 514 g/mol. The maximum absolute atomic E-state index is 13.3. The first-order valence-electron chi connectivity index (χ1n) is 11.7. The van der Waals surface area contributed by atoms with E-state index < -0.39 is 11.8 Å². The van der Waals surface area contributed by atoms with E-state index in [0.29, 0.717) is 42.0 Å². The zero-order valence-electron chi connectivity index (χ0n) is 19.6. The van der Waals surface area contributed by atoms with E-state index >= 15 is 0 Å². The third-order valence-electron chi connectivity index (χ3n) is 6.04. The Kier molecular flexibility index (Phi) is 6.70. The molecule has 1 aliphatic carbocycles. The SMILES string of the molecule is Nc1cccc(-c2ccc(Cl)c(C(=O)Nc3cc(C(=O)N[C@H]4CCC(=O)C4)nn3-c3ccccc3)c2)n1. The van der Waals surface area contributed by atoms with Crippen molar-refractivity contribution in [1.82, 2.24) is 20.1 Å². The van der Waals surface area contributed by atoms with Gasteiger partial charge < -0.3 is 16.4 Å². The molecule has 1 saturated carbocycles. The highest BCUT2D eigenvalue weighted by Crippen LogP contribution is 2.26. The highest BCUT2D eigenvalue weighted by atomic mass is 35.5. The fourth-order valence-electron chi connectivity index (χ4n) is 4.20. The van der Waals surface area contributed by atoms with Crippen LogP contribution in [-0.4, -0.2) is 38.4 Å². The molecular weight excluding hydrogens is 492 g/mol. The van der Waals surface area contributed by atoms with Crippen LogP contribution in [-0.2, 0) is 4.79 Å². The Morgan fingerprint density at radius 1 is 1.00 bits per heavy atom. The Hall–Kier alpha value is -4.50. The summed E-state index contributed by atoms with van der Waals surface area (Å²) in [5.41, 5.74) is 8.06. The van der Waals surface area contributed by atoms with Crippen molar-refractivity contribution in [2.24, 2.45) is 0 Å². The minimum absolute atomic E-state index is 0.113. The van der Waals surface area contributed by atoms with Crippen molar-refractivity contribution < 1.29 is 14.4 Å². The first-order chi connectivity index (χ1) is 17.9. The van der Waals surface area contributed by atoms with Crippen molar-refractivity contribution in [1.29, 1.82) is 0 Å². The van der Waals surface area contributed by atoms with Crippen molar-refractivity contribution in [3.63, 3.8) is 0 Å². The van der Waals surface area contributed by atoms with Crippen molar-refractivity contribution >= 4 is 40.8 Å². The van der Waals surface area contributed by atoms with E-state index in [4.69, 9.17) is 17.3 Å². The Labute approximate surface area is 217 Å². The Morgan fingerprint density at radius 2 is 1.81 bits per heavy atom. The molecule has 1 aliphatic rings. The summed E-state index contributed by atoms with van der Waals surface area (Å²) >= 11 is 6.38. The second-order valence-electron chi connectivity index (χ2n) is 8.71. The minimum Gasteiger partial charge on any atom is -0.384 e. The molecular formula is C27H23ClN6O3. The summed E-state index contributed by atoms with van der Waals surface area (Å²) in [4.78, 5) is 42.1. The number of amides is 2. The van der Waals surface area contributed by atoms with E-state index in [2.05, 4.69) is 20.7 Å². The molecule has 4 aromatic rings. The number of benzene rings is 2. The number of nitrogens with two attached hydrogens (primary N) is 1. The number of rotatable bonds is 6. The van der Waals surface area contributed by atoms with Crippen LogP contribution in [0.25, 0.3) is 16.9 Å². The first kappa shape index (κ1) is 24.2. The first-order valence-corrected chi connectivity index (χ1v) is 12.1. The molecule has 2 amide bonds. The highest BCUT2D eigenvalue weighted by molar-refractivity contribution is 6.34. The van der Waals surface area contributed by atoms with E-state index in [1.807, 2.05) is 18.2 Å².